The molecule has 1 N–H and O–H groups in total. The van der Waals surface area contributed by atoms with Crippen molar-refractivity contribution in [1.82, 2.24) is 10.3 Å². The maximum absolute atomic E-state index is 12.7. The molecular weight excluding hydrogens is 319 g/mol. The van der Waals surface area contributed by atoms with Gasteiger partial charge in [-0.05, 0) is 44.2 Å². The molecule has 1 saturated heterocycles. The molecule has 24 heavy (non-hydrogen) atoms. The van der Waals surface area contributed by atoms with Crippen molar-refractivity contribution in [2.24, 2.45) is 0 Å². The molecule has 132 valence electrons. The third kappa shape index (κ3) is 3.21. The Morgan fingerprint density at radius 1 is 1.42 bits per heavy atom. The molecule has 1 unspecified atom stereocenters. The van der Waals surface area contributed by atoms with E-state index < -0.39 is 11.7 Å². The zero-order chi connectivity index (χ0) is 17.4. The van der Waals surface area contributed by atoms with Crippen LogP contribution in [0.25, 0.3) is 0 Å². The molecule has 4 nitrogen and oxygen atoms in total. The van der Waals surface area contributed by atoms with Crippen LogP contribution in [0.3, 0.4) is 0 Å². The summed E-state index contributed by atoms with van der Waals surface area (Å²) in [6.07, 6.45) is 1.73. The third-order valence-electron chi connectivity index (χ3n) is 5.22. The molecule has 0 bridgehead atoms. The standard InChI is InChI=1S/C17H22F3N3O/c1-2-15(24)22-13-6-9-23(16(10-13)7-3-8-16)14-5-4-12(11-21-14)17(18,19)20/h4-5,11,13H,2-3,6-10H2,1H3,(H,22,24). The minimum absolute atomic E-state index is 0.0515. The number of anilines is 1. The molecule has 2 aliphatic rings. The molecule has 0 radical (unpaired) electrons. The molecule has 1 spiro atoms. The highest BCUT2D eigenvalue weighted by Crippen LogP contribution is 2.46. The largest absolute Gasteiger partial charge is 0.417 e. The second kappa shape index (κ2) is 6.26. The fraction of sp³-hybridized carbons (Fsp3) is 0.647. The maximum Gasteiger partial charge on any atom is 0.417 e. The van der Waals surface area contributed by atoms with Crippen molar-refractivity contribution in [3.05, 3.63) is 23.9 Å². The summed E-state index contributed by atoms with van der Waals surface area (Å²) in [6.45, 7) is 2.53. The topological polar surface area (TPSA) is 45.2 Å². The van der Waals surface area contributed by atoms with Crippen molar-refractivity contribution in [2.45, 2.75) is 63.2 Å². The molecule has 1 aromatic rings. The number of piperidine rings is 1. The van der Waals surface area contributed by atoms with Crippen LogP contribution < -0.4 is 10.2 Å². The monoisotopic (exact) mass is 341 g/mol. The van der Waals surface area contributed by atoms with E-state index in [0.717, 1.165) is 44.4 Å². The average Bonchev–Trinajstić information content (AvgIpc) is 2.52. The number of rotatable bonds is 3. The lowest BCUT2D eigenvalue weighted by atomic mass is 9.68. The molecule has 1 atom stereocenters. The van der Waals surface area contributed by atoms with E-state index in [1.165, 1.54) is 6.07 Å². The number of aromatic nitrogens is 1. The maximum atomic E-state index is 12.7. The van der Waals surface area contributed by atoms with E-state index in [0.29, 0.717) is 18.8 Å². The summed E-state index contributed by atoms with van der Waals surface area (Å²) < 4.78 is 38.1. The van der Waals surface area contributed by atoms with Crippen molar-refractivity contribution in [2.75, 3.05) is 11.4 Å². The molecular formula is C17H22F3N3O. The van der Waals surface area contributed by atoms with Gasteiger partial charge in [0.2, 0.25) is 5.91 Å². The summed E-state index contributed by atoms with van der Waals surface area (Å²) in [7, 11) is 0. The number of nitrogens with zero attached hydrogens (tertiary/aromatic N) is 2. The number of carbonyl (C=O) groups is 1. The highest BCUT2D eigenvalue weighted by Gasteiger charge is 2.47. The Hall–Kier alpha value is -1.79. The highest BCUT2D eigenvalue weighted by atomic mass is 19.4. The first-order chi connectivity index (χ1) is 11.3. The van der Waals surface area contributed by atoms with Crippen LogP contribution in [0.5, 0.6) is 0 Å². The molecule has 3 rings (SSSR count). The molecule has 7 heteroatoms. The van der Waals surface area contributed by atoms with Crippen molar-refractivity contribution in [3.63, 3.8) is 0 Å². The summed E-state index contributed by atoms with van der Waals surface area (Å²) in [4.78, 5) is 17.8. The molecule has 0 aromatic carbocycles. The molecule has 1 saturated carbocycles. The van der Waals surface area contributed by atoms with E-state index in [1.807, 2.05) is 6.92 Å². The van der Waals surface area contributed by atoms with E-state index >= 15 is 0 Å². The van der Waals surface area contributed by atoms with Gasteiger partial charge in [0, 0.05) is 30.7 Å². The fourth-order valence-electron chi connectivity index (χ4n) is 3.78. The number of hydrogen-bond donors (Lipinski definition) is 1. The second-order valence-corrected chi connectivity index (χ2v) is 6.74. The van der Waals surface area contributed by atoms with Gasteiger partial charge in [-0.25, -0.2) is 4.98 Å². The first-order valence-corrected chi connectivity index (χ1v) is 8.44. The molecule has 2 heterocycles. The first-order valence-electron chi connectivity index (χ1n) is 8.44. The van der Waals surface area contributed by atoms with E-state index in [9.17, 15) is 18.0 Å². The lowest BCUT2D eigenvalue weighted by Gasteiger charge is -2.55. The van der Waals surface area contributed by atoms with E-state index in [2.05, 4.69) is 15.2 Å². The third-order valence-corrected chi connectivity index (χ3v) is 5.22. The smallest absolute Gasteiger partial charge is 0.353 e. The van der Waals surface area contributed by atoms with Crippen LogP contribution in [0.2, 0.25) is 0 Å². The van der Waals surface area contributed by atoms with Crippen LogP contribution in [0.15, 0.2) is 18.3 Å². The Balaban J connectivity index is 1.75. The van der Waals surface area contributed by atoms with Crippen molar-refractivity contribution < 1.29 is 18.0 Å². The van der Waals surface area contributed by atoms with Crippen molar-refractivity contribution in [1.29, 1.82) is 0 Å². The lowest BCUT2D eigenvalue weighted by molar-refractivity contribution is -0.137. The first kappa shape index (κ1) is 17.0. The number of carbonyl (C=O) groups excluding carboxylic acids is 1. The van der Waals surface area contributed by atoms with E-state index in [1.54, 1.807) is 0 Å². The van der Waals surface area contributed by atoms with Crippen molar-refractivity contribution >= 4 is 11.7 Å². The normalized spacial score (nSPS) is 23.0. The lowest BCUT2D eigenvalue weighted by Crippen LogP contribution is -2.62. The summed E-state index contributed by atoms with van der Waals surface area (Å²) in [5, 5.41) is 3.06. The average molecular weight is 341 g/mol. The Bertz CT molecular complexity index is 596. The summed E-state index contributed by atoms with van der Waals surface area (Å²) in [5.41, 5.74) is -0.796. The number of halogens is 3. The summed E-state index contributed by atoms with van der Waals surface area (Å²) in [6, 6.07) is 2.71. The number of nitrogens with one attached hydrogen (secondary N) is 1. The minimum Gasteiger partial charge on any atom is -0.353 e. The van der Waals surface area contributed by atoms with Gasteiger partial charge in [-0.3, -0.25) is 4.79 Å². The predicted molar refractivity (Wildman–Crippen MR) is 84.6 cm³/mol. The quantitative estimate of drug-likeness (QED) is 0.915. The van der Waals surface area contributed by atoms with Gasteiger partial charge >= 0.3 is 6.18 Å². The van der Waals surface area contributed by atoms with Gasteiger partial charge in [-0.15, -0.1) is 0 Å². The molecule has 2 fully saturated rings. The van der Waals surface area contributed by atoms with Gasteiger partial charge in [-0.1, -0.05) is 6.92 Å². The van der Waals surface area contributed by atoms with Gasteiger partial charge in [-0.2, -0.15) is 13.2 Å². The number of pyridine rings is 1. The van der Waals surface area contributed by atoms with Gasteiger partial charge in [0.15, 0.2) is 0 Å². The van der Waals surface area contributed by atoms with E-state index in [-0.39, 0.29) is 17.5 Å². The van der Waals surface area contributed by atoms with Crippen LogP contribution in [0.4, 0.5) is 19.0 Å². The van der Waals surface area contributed by atoms with E-state index in [4.69, 9.17) is 0 Å². The zero-order valence-electron chi connectivity index (χ0n) is 13.7. The van der Waals surface area contributed by atoms with Gasteiger partial charge in [0.05, 0.1) is 5.56 Å². The Morgan fingerprint density at radius 2 is 2.17 bits per heavy atom. The zero-order valence-corrected chi connectivity index (χ0v) is 13.7. The Morgan fingerprint density at radius 3 is 2.67 bits per heavy atom. The van der Waals surface area contributed by atoms with Crippen LogP contribution >= 0.6 is 0 Å². The highest BCUT2D eigenvalue weighted by molar-refractivity contribution is 5.75. The Kier molecular flexibility index (Phi) is 4.44. The molecule has 1 aliphatic carbocycles. The predicted octanol–water partition coefficient (Wildman–Crippen LogP) is 3.52. The van der Waals surface area contributed by atoms with Gasteiger partial charge in [0.1, 0.15) is 5.82 Å². The summed E-state index contributed by atoms with van der Waals surface area (Å²) in [5.74, 6) is 0.651. The van der Waals surface area contributed by atoms with Crippen LogP contribution in [0.1, 0.15) is 51.0 Å². The van der Waals surface area contributed by atoms with Crippen LogP contribution in [-0.2, 0) is 11.0 Å². The second-order valence-electron chi connectivity index (χ2n) is 6.74. The Labute approximate surface area is 139 Å². The molecule has 1 aromatic heterocycles. The number of amides is 1. The summed E-state index contributed by atoms with van der Waals surface area (Å²) >= 11 is 0. The minimum atomic E-state index is -4.36. The van der Waals surface area contributed by atoms with Crippen LogP contribution in [-0.4, -0.2) is 29.0 Å². The number of hydrogen-bond acceptors (Lipinski definition) is 3. The number of alkyl halides is 3. The SMILES string of the molecule is CCC(=O)NC1CCN(c2ccc(C(F)(F)F)cn2)C2(CCC2)C1. The molecule has 1 amide bonds. The van der Waals surface area contributed by atoms with Crippen molar-refractivity contribution in [3.8, 4) is 0 Å². The molecule has 1 aliphatic heterocycles. The van der Waals surface area contributed by atoms with Gasteiger partial charge in [0.25, 0.3) is 0 Å². The van der Waals surface area contributed by atoms with Gasteiger partial charge < -0.3 is 10.2 Å². The fourth-order valence-corrected chi connectivity index (χ4v) is 3.78. The van der Waals surface area contributed by atoms with Crippen LogP contribution in [0, 0.1) is 0 Å².